The smallest absolute Gasteiger partial charge is 0.145 e. The first-order chi connectivity index (χ1) is 28.8. The molecule has 5 nitrogen and oxygen atoms in total. The third kappa shape index (κ3) is 4.87. The van der Waals surface area contributed by atoms with Gasteiger partial charge in [-0.15, -0.1) is 0 Å². The van der Waals surface area contributed by atoms with Gasteiger partial charge in [0.2, 0.25) is 0 Å². The standard InChI is InChI=1S/C53H35N5/c1-6-18-48-42(12-1)43-13-2-7-19-49(43)56(48)39-29-23-36(24-30-39)55(37-25-31-40(32-26-37)57-50-20-8-3-14-44(50)45-15-4-9-21-51(45)57)38-27-33-41(34-28-38)58-52-22-10-5-16-46(52)47-17-11-35-54-53(47)58/h1-35H. The summed E-state index contributed by atoms with van der Waals surface area (Å²) in [7, 11) is 0. The largest absolute Gasteiger partial charge is 0.310 e. The van der Waals surface area contributed by atoms with Gasteiger partial charge in [-0.2, -0.15) is 0 Å². The second kappa shape index (κ2) is 12.8. The van der Waals surface area contributed by atoms with Crippen molar-refractivity contribution >= 4 is 82.6 Å². The fourth-order valence-corrected chi connectivity index (χ4v) is 9.16. The minimum Gasteiger partial charge on any atom is -0.310 e. The number of hydrogen-bond donors (Lipinski definition) is 0. The number of pyridine rings is 1. The summed E-state index contributed by atoms with van der Waals surface area (Å²) in [6, 6.07) is 74.2. The van der Waals surface area contributed by atoms with Gasteiger partial charge in [0, 0.05) is 72.6 Å². The number of benzene rings is 8. The van der Waals surface area contributed by atoms with Crippen molar-refractivity contribution in [1.82, 2.24) is 18.7 Å². The Kier molecular flexibility index (Phi) is 7.16. The molecule has 5 heteroatoms. The highest BCUT2D eigenvalue weighted by Gasteiger charge is 2.18. The van der Waals surface area contributed by atoms with Gasteiger partial charge in [-0.3, -0.25) is 4.57 Å². The van der Waals surface area contributed by atoms with Gasteiger partial charge in [0.05, 0.1) is 27.6 Å². The molecule has 0 amide bonds. The van der Waals surface area contributed by atoms with Crippen LogP contribution in [0.4, 0.5) is 17.1 Å². The molecule has 0 saturated heterocycles. The van der Waals surface area contributed by atoms with Crippen molar-refractivity contribution < 1.29 is 0 Å². The lowest BCUT2D eigenvalue weighted by atomic mass is 10.1. The SMILES string of the molecule is c1ccc2c(c1)c1ccccc1n2-c1ccc(N(c2ccc(-n3c4ccccc4c4ccccc43)cc2)c2ccc(-n3c4ccccc4c4cccnc43)cc2)cc1. The first-order valence-electron chi connectivity index (χ1n) is 19.7. The van der Waals surface area contributed by atoms with Gasteiger partial charge in [0.1, 0.15) is 5.65 Å². The zero-order valence-electron chi connectivity index (χ0n) is 31.4. The van der Waals surface area contributed by atoms with Crippen LogP contribution in [0.25, 0.3) is 82.6 Å². The van der Waals surface area contributed by atoms with E-state index >= 15 is 0 Å². The van der Waals surface area contributed by atoms with Crippen molar-refractivity contribution in [3.05, 3.63) is 212 Å². The highest BCUT2D eigenvalue weighted by Crippen LogP contribution is 2.40. The summed E-state index contributed by atoms with van der Waals surface area (Å²) in [5, 5.41) is 7.37. The van der Waals surface area contributed by atoms with Crippen LogP contribution < -0.4 is 4.90 Å². The molecule has 0 radical (unpaired) electrons. The molecule has 0 saturated carbocycles. The molecule has 0 aliphatic heterocycles. The van der Waals surface area contributed by atoms with Gasteiger partial charge >= 0.3 is 0 Å². The van der Waals surface area contributed by atoms with E-state index in [1.54, 1.807) is 0 Å². The summed E-state index contributed by atoms with van der Waals surface area (Å²) in [6.07, 6.45) is 1.87. The summed E-state index contributed by atoms with van der Waals surface area (Å²) in [4.78, 5) is 7.18. The van der Waals surface area contributed by atoms with Crippen molar-refractivity contribution in [2.24, 2.45) is 0 Å². The molecule has 0 bridgehead atoms. The maximum atomic E-state index is 4.83. The quantitative estimate of drug-likeness (QED) is 0.170. The van der Waals surface area contributed by atoms with Crippen molar-refractivity contribution in [2.75, 3.05) is 4.90 Å². The fraction of sp³-hybridized carbons (Fsp3) is 0. The van der Waals surface area contributed by atoms with Crippen molar-refractivity contribution in [3.63, 3.8) is 0 Å². The lowest BCUT2D eigenvalue weighted by Gasteiger charge is -2.26. The van der Waals surface area contributed by atoms with E-state index in [9.17, 15) is 0 Å². The highest BCUT2D eigenvalue weighted by atomic mass is 15.1. The Balaban J connectivity index is 0.996. The van der Waals surface area contributed by atoms with Gasteiger partial charge in [-0.1, -0.05) is 91.0 Å². The molecule has 4 heterocycles. The Morgan fingerprint density at radius 1 is 0.276 bits per heavy atom. The molecule has 58 heavy (non-hydrogen) atoms. The minimum atomic E-state index is 0.953. The molecule has 0 atom stereocenters. The Morgan fingerprint density at radius 3 is 0.948 bits per heavy atom. The van der Waals surface area contributed by atoms with Crippen molar-refractivity contribution in [2.45, 2.75) is 0 Å². The molecule has 8 aromatic carbocycles. The molecule has 0 fully saturated rings. The topological polar surface area (TPSA) is 30.9 Å². The third-order valence-electron chi connectivity index (χ3n) is 11.7. The molecule has 0 spiro atoms. The molecule has 0 aliphatic rings. The van der Waals surface area contributed by atoms with Crippen LogP contribution in [0.2, 0.25) is 0 Å². The predicted molar refractivity (Wildman–Crippen MR) is 242 cm³/mol. The predicted octanol–water partition coefficient (Wildman–Crippen LogP) is 13.8. The van der Waals surface area contributed by atoms with Gasteiger partial charge < -0.3 is 14.0 Å². The average Bonchev–Trinajstić information content (AvgIpc) is 3.93. The Bertz CT molecular complexity index is 2960. The normalized spacial score (nSPS) is 11.8. The summed E-state index contributed by atoms with van der Waals surface area (Å²) in [5.41, 5.74) is 13.4. The first kappa shape index (κ1) is 32.4. The second-order valence-corrected chi connectivity index (χ2v) is 14.9. The average molecular weight is 742 g/mol. The van der Waals surface area contributed by atoms with Gasteiger partial charge in [-0.05, 0) is 115 Å². The second-order valence-electron chi connectivity index (χ2n) is 14.9. The number of fused-ring (bicyclic) bond motifs is 9. The number of aromatic nitrogens is 4. The molecule has 12 aromatic rings. The number of para-hydroxylation sites is 5. The van der Waals surface area contributed by atoms with E-state index in [0.717, 1.165) is 50.7 Å². The maximum absolute atomic E-state index is 4.83. The van der Waals surface area contributed by atoms with E-state index in [-0.39, 0.29) is 0 Å². The molecule has 4 aromatic heterocycles. The van der Waals surface area contributed by atoms with E-state index in [0.29, 0.717) is 0 Å². The lowest BCUT2D eigenvalue weighted by molar-refractivity contribution is 1.13. The van der Waals surface area contributed by atoms with Crippen molar-refractivity contribution in [1.29, 1.82) is 0 Å². The van der Waals surface area contributed by atoms with Crippen LogP contribution in [0.3, 0.4) is 0 Å². The van der Waals surface area contributed by atoms with E-state index < -0.39 is 0 Å². The Labute approximate surface area is 334 Å². The third-order valence-corrected chi connectivity index (χ3v) is 11.7. The molecule has 0 unspecified atom stereocenters. The summed E-state index contributed by atoms with van der Waals surface area (Å²) < 4.78 is 7.00. The summed E-state index contributed by atoms with van der Waals surface area (Å²) in [6.45, 7) is 0. The molecular weight excluding hydrogens is 707 g/mol. The van der Waals surface area contributed by atoms with Gasteiger partial charge in [0.15, 0.2) is 0 Å². The number of hydrogen-bond acceptors (Lipinski definition) is 2. The highest BCUT2D eigenvalue weighted by molar-refractivity contribution is 6.11. The van der Waals surface area contributed by atoms with Crippen LogP contribution in [-0.4, -0.2) is 18.7 Å². The van der Waals surface area contributed by atoms with Gasteiger partial charge in [-0.25, -0.2) is 4.98 Å². The first-order valence-corrected chi connectivity index (χ1v) is 19.7. The molecule has 272 valence electrons. The number of anilines is 3. The Hall–Kier alpha value is -7.89. The van der Waals surface area contributed by atoms with Crippen LogP contribution in [-0.2, 0) is 0 Å². The Morgan fingerprint density at radius 2 is 0.569 bits per heavy atom. The zero-order chi connectivity index (χ0) is 38.2. The molecule has 12 rings (SSSR count). The summed E-state index contributed by atoms with van der Waals surface area (Å²) in [5.74, 6) is 0. The molecular formula is C53H35N5. The minimum absolute atomic E-state index is 0.953. The maximum Gasteiger partial charge on any atom is 0.145 e. The monoisotopic (exact) mass is 741 g/mol. The van der Waals surface area contributed by atoms with E-state index in [2.05, 4.69) is 219 Å². The van der Waals surface area contributed by atoms with Crippen LogP contribution in [0.1, 0.15) is 0 Å². The van der Waals surface area contributed by atoms with Crippen LogP contribution >= 0.6 is 0 Å². The van der Waals surface area contributed by atoms with Crippen LogP contribution in [0, 0.1) is 0 Å². The van der Waals surface area contributed by atoms with E-state index in [1.807, 2.05) is 12.3 Å². The van der Waals surface area contributed by atoms with E-state index in [4.69, 9.17) is 4.98 Å². The molecule has 0 N–H and O–H groups in total. The van der Waals surface area contributed by atoms with Crippen molar-refractivity contribution in [3.8, 4) is 17.1 Å². The fourth-order valence-electron chi connectivity index (χ4n) is 9.16. The lowest BCUT2D eigenvalue weighted by Crippen LogP contribution is -2.10. The zero-order valence-corrected chi connectivity index (χ0v) is 31.4. The number of nitrogens with zero attached hydrogens (tertiary/aromatic N) is 5. The van der Waals surface area contributed by atoms with Crippen LogP contribution in [0.5, 0.6) is 0 Å². The molecule has 0 aliphatic carbocycles. The van der Waals surface area contributed by atoms with E-state index in [1.165, 1.54) is 49.0 Å². The van der Waals surface area contributed by atoms with Gasteiger partial charge in [0.25, 0.3) is 0 Å². The number of rotatable bonds is 6. The van der Waals surface area contributed by atoms with Crippen LogP contribution in [0.15, 0.2) is 212 Å². The summed E-state index contributed by atoms with van der Waals surface area (Å²) >= 11 is 0.